The molecule has 0 radical (unpaired) electrons. The van der Waals surface area contributed by atoms with Crippen LogP contribution in [-0.4, -0.2) is 29.1 Å². The molecule has 1 spiro atoms. The lowest BCUT2D eigenvalue weighted by Crippen LogP contribution is -2.51. The number of benzene rings is 2. The highest BCUT2D eigenvalue weighted by molar-refractivity contribution is 6.02. The highest BCUT2D eigenvalue weighted by Crippen LogP contribution is 2.54. The Labute approximate surface area is 189 Å². The number of carbonyl (C=O) groups excluding carboxylic acids is 1. The first-order chi connectivity index (χ1) is 15.3. The molecule has 1 aliphatic heterocycles. The molecule has 1 N–H and O–H groups in total. The molecule has 0 atom stereocenters. The number of carbonyl (C=O) groups is 1. The molecule has 164 valence electrons. The predicted molar refractivity (Wildman–Crippen MR) is 125 cm³/mol. The lowest BCUT2D eigenvalue weighted by Gasteiger charge is -2.52. The van der Waals surface area contributed by atoms with Crippen LogP contribution in [0.5, 0.6) is 0 Å². The molecule has 2 fully saturated rings. The van der Waals surface area contributed by atoms with Gasteiger partial charge in [-0.2, -0.15) is 0 Å². The molecular weight excluding hydrogens is 398 g/mol. The van der Waals surface area contributed by atoms with Crippen LogP contribution in [0.3, 0.4) is 0 Å². The first-order valence-corrected chi connectivity index (χ1v) is 11.2. The molecule has 1 aromatic heterocycles. The number of nitrogens with one attached hydrogen (secondary N) is 1. The van der Waals surface area contributed by atoms with Gasteiger partial charge in [-0.1, -0.05) is 55.8 Å². The SMILES string of the molecule is Cc1ccc(C(C)(C)c2ccc(NC(=O)c3ccnc(C4CC5(COC5)C4)n3)cc2)cc1. The van der Waals surface area contributed by atoms with E-state index in [1.54, 1.807) is 12.3 Å². The van der Waals surface area contributed by atoms with Gasteiger partial charge in [-0.15, -0.1) is 0 Å². The zero-order chi connectivity index (χ0) is 22.3. The first kappa shape index (κ1) is 20.8. The van der Waals surface area contributed by atoms with Gasteiger partial charge in [-0.05, 0) is 49.1 Å². The van der Waals surface area contributed by atoms with Crippen molar-refractivity contribution in [3.63, 3.8) is 0 Å². The second-order valence-corrected chi connectivity index (χ2v) is 9.92. The van der Waals surface area contributed by atoms with Gasteiger partial charge in [0.2, 0.25) is 0 Å². The van der Waals surface area contributed by atoms with E-state index in [0.717, 1.165) is 37.6 Å². The van der Waals surface area contributed by atoms with Gasteiger partial charge in [0.25, 0.3) is 5.91 Å². The second kappa shape index (κ2) is 7.82. The number of aromatic nitrogens is 2. The summed E-state index contributed by atoms with van der Waals surface area (Å²) in [6.07, 6.45) is 3.79. The van der Waals surface area contributed by atoms with Crippen LogP contribution < -0.4 is 5.32 Å². The van der Waals surface area contributed by atoms with Gasteiger partial charge in [0.05, 0.1) is 13.2 Å². The van der Waals surface area contributed by atoms with E-state index in [0.29, 0.717) is 17.0 Å². The predicted octanol–water partition coefficient (Wildman–Crippen LogP) is 5.26. The van der Waals surface area contributed by atoms with Gasteiger partial charge >= 0.3 is 0 Å². The van der Waals surface area contributed by atoms with Gasteiger partial charge in [-0.3, -0.25) is 4.79 Å². The summed E-state index contributed by atoms with van der Waals surface area (Å²) < 4.78 is 5.35. The Bertz CT molecular complexity index is 1120. The molecule has 32 heavy (non-hydrogen) atoms. The number of aryl methyl sites for hydroxylation is 1. The maximum absolute atomic E-state index is 12.8. The number of anilines is 1. The number of rotatable bonds is 5. The van der Waals surface area contributed by atoms with Crippen molar-refractivity contribution in [3.05, 3.63) is 89.0 Å². The van der Waals surface area contributed by atoms with Crippen molar-refractivity contribution in [3.8, 4) is 0 Å². The van der Waals surface area contributed by atoms with Gasteiger partial charge in [0.15, 0.2) is 0 Å². The summed E-state index contributed by atoms with van der Waals surface area (Å²) in [7, 11) is 0. The average molecular weight is 428 g/mol. The van der Waals surface area contributed by atoms with Crippen molar-refractivity contribution in [2.45, 2.75) is 44.9 Å². The molecular formula is C27H29N3O2. The third kappa shape index (κ3) is 3.82. The summed E-state index contributed by atoms with van der Waals surface area (Å²) in [6, 6.07) is 18.4. The summed E-state index contributed by atoms with van der Waals surface area (Å²) >= 11 is 0. The van der Waals surface area contributed by atoms with Gasteiger partial charge in [-0.25, -0.2) is 9.97 Å². The van der Waals surface area contributed by atoms with Gasteiger partial charge < -0.3 is 10.1 Å². The van der Waals surface area contributed by atoms with Crippen molar-refractivity contribution in [1.29, 1.82) is 0 Å². The van der Waals surface area contributed by atoms with Crippen LogP contribution in [0.2, 0.25) is 0 Å². The fourth-order valence-corrected chi connectivity index (χ4v) is 4.79. The summed E-state index contributed by atoms with van der Waals surface area (Å²) in [5, 5.41) is 2.98. The normalized spacial score (nSPS) is 17.5. The van der Waals surface area contributed by atoms with Crippen molar-refractivity contribution < 1.29 is 9.53 Å². The Kier molecular flexibility index (Phi) is 5.09. The zero-order valence-corrected chi connectivity index (χ0v) is 18.9. The Morgan fingerprint density at radius 3 is 2.22 bits per heavy atom. The molecule has 2 aromatic carbocycles. The maximum Gasteiger partial charge on any atom is 0.274 e. The first-order valence-electron chi connectivity index (χ1n) is 11.2. The minimum Gasteiger partial charge on any atom is -0.380 e. The topological polar surface area (TPSA) is 64.1 Å². The minimum atomic E-state index is -0.208. The Balaban J connectivity index is 1.26. The molecule has 0 unspecified atom stereocenters. The van der Waals surface area contributed by atoms with E-state index >= 15 is 0 Å². The van der Waals surface area contributed by atoms with E-state index < -0.39 is 0 Å². The van der Waals surface area contributed by atoms with E-state index in [4.69, 9.17) is 4.74 Å². The number of ether oxygens (including phenoxy) is 1. The second-order valence-electron chi connectivity index (χ2n) is 9.92. The molecule has 0 bridgehead atoms. The number of hydrogen-bond acceptors (Lipinski definition) is 4. The smallest absolute Gasteiger partial charge is 0.274 e. The Hall–Kier alpha value is -3.05. The van der Waals surface area contributed by atoms with Crippen LogP contribution >= 0.6 is 0 Å². The lowest BCUT2D eigenvalue weighted by molar-refractivity contribution is -0.165. The Morgan fingerprint density at radius 1 is 1.00 bits per heavy atom. The fraction of sp³-hybridized carbons (Fsp3) is 0.370. The van der Waals surface area contributed by atoms with Crippen molar-refractivity contribution in [2.75, 3.05) is 18.5 Å². The molecule has 5 rings (SSSR count). The minimum absolute atomic E-state index is 0.122. The van der Waals surface area contributed by atoms with Crippen LogP contribution in [0.25, 0.3) is 0 Å². The van der Waals surface area contributed by atoms with Crippen LogP contribution in [-0.2, 0) is 10.2 Å². The van der Waals surface area contributed by atoms with Crippen molar-refractivity contribution in [2.24, 2.45) is 5.41 Å². The zero-order valence-electron chi connectivity index (χ0n) is 18.9. The molecule has 1 amide bonds. The highest BCUT2D eigenvalue weighted by Gasteiger charge is 2.51. The molecule has 1 aliphatic carbocycles. The van der Waals surface area contributed by atoms with Gasteiger partial charge in [0, 0.05) is 28.6 Å². The molecule has 2 heterocycles. The fourth-order valence-electron chi connectivity index (χ4n) is 4.79. The monoisotopic (exact) mass is 427 g/mol. The van der Waals surface area contributed by atoms with Crippen LogP contribution in [0.15, 0.2) is 60.8 Å². The number of nitrogens with zero attached hydrogens (tertiary/aromatic N) is 2. The molecule has 3 aromatic rings. The third-order valence-corrected chi connectivity index (χ3v) is 7.09. The van der Waals surface area contributed by atoms with Crippen LogP contribution in [0, 0.1) is 12.3 Å². The summed E-state index contributed by atoms with van der Waals surface area (Å²) in [5.74, 6) is 0.889. The lowest BCUT2D eigenvalue weighted by atomic mass is 9.60. The number of amides is 1. The molecule has 5 nitrogen and oxygen atoms in total. The van der Waals surface area contributed by atoms with Crippen molar-refractivity contribution in [1.82, 2.24) is 9.97 Å². The highest BCUT2D eigenvalue weighted by atomic mass is 16.5. The molecule has 5 heteroatoms. The molecule has 1 saturated heterocycles. The van der Waals surface area contributed by atoms with E-state index in [9.17, 15) is 4.79 Å². The van der Waals surface area contributed by atoms with E-state index in [1.165, 1.54) is 16.7 Å². The maximum atomic E-state index is 12.8. The quantitative estimate of drug-likeness (QED) is 0.603. The van der Waals surface area contributed by atoms with Gasteiger partial charge in [0.1, 0.15) is 11.5 Å². The van der Waals surface area contributed by atoms with E-state index in [-0.39, 0.29) is 11.3 Å². The largest absolute Gasteiger partial charge is 0.380 e. The molecule has 2 aliphatic rings. The number of hydrogen-bond donors (Lipinski definition) is 1. The average Bonchev–Trinajstić information content (AvgIpc) is 2.73. The summed E-state index contributed by atoms with van der Waals surface area (Å²) in [6.45, 7) is 8.23. The Morgan fingerprint density at radius 2 is 1.62 bits per heavy atom. The van der Waals surface area contributed by atoms with Crippen molar-refractivity contribution >= 4 is 11.6 Å². The third-order valence-electron chi connectivity index (χ3n) is 7.09. The van der Waals surface area contributed by atoms with E-state index in [1.807, 2.05) is 12.1 Å². The molecule has 1 saturated carbocycles. The summed E-state index contributed by atoms with van der Waals surface area (Å²) in [4.78, 5) is 21.8. The van der Waals surface area contributed by atoms with Crippen LogP contribution in [0.1, 0.15) is 65.6 Å². The summed E-state index contributed by atoms with van der Waals surface area (Å²) in [5.41, 5.74) is 5.10. The van der Waals surface area contributed by atoms with E-state index in [2.05, 4.69) is 72.5 Å². The standard InChI is InChI=1S/C27H29N3O2/c1-18-4-6-20(7-5-18)26(2,3)21-8-10-22(11-9-21)29-25(31)23-12-13-28-24(30-23)19-14-27(15-19)16-32-17-27/h4-13,19H,14-17H2,1-3H3,(H,29,31). The van der Waals surface area contributed by atoms with Crippen LogP contribution in [0.4, 0.5) is 5.69 Å².